The summed E-state index contributed by atoms with van der Waals surface area (Å²) in [5.41, 5.74) is 1.53. The van der Waals surface area contributed by atoms with E-state index in [1.54, 1.807) is 23.9 Å². The summed E-state index contributed by atoms with van der Waals surface area (Å²) in [6.07, 6.45) is 4.36. The SMILES string of the molecule is CCCCCCOc1c(Cl)cc(C(=O)Nc2nnc(SCc3ccccc3)s2)cc1Cl. The monoisotopic (exact) mass is 495 g/mol. The minimum atomic E-state index is -0.353. The molecule has 3 rings (SSSR count). The van der Waals surface area contributed by atoms with Gasteiger partial charge in [-0.15, -0.1) is 10.2 Å². The van der Waals surface area contributed by atoms with Gasteiger partial charge >= 0.3 is 0 Å². The van der Waals surface area contributed by atoms with Crippen molar-refractivity contribution in [3.05, 3.63) is 63.6 Å². The third-order valence-corrected chi connectivity index (χ3v) is 6.94. The van der Waals surface area contributed by atoms with Crippen molar-refractivity contribution in [3.8, 4) is 5.75 Å². The van der Waals surface area contributed by atoms with Crippen LogP contribution in [-0.2, 0) is 5.75 Å². The molecule has 0 unspecified atom stereocenters. The molecule has 0 bridgehead atoms. The van der Waals surface area contributed by atoms with Gasteiger partial charge in [0.25, 0.3) is 5.91 Å². The summed E-state index contributed by atoms with van der Waals surface area (Å²) in [5.74, 6) is 0.843. The fraction of sp³-hybridized carbons (Fsp3) is 0.318. The Hall–Kier alpha value is -1.80. The first-order valence-corrected chi connectivity index (χ1v) is 12.6. The van der Waals surface area contributed by atoms with Crippen LogP contribution in [0.2, 0.25) is 10.0 Å². The van der Waals surface area contributed by atoms with E-state index in [2.05, 4.69) is 34.6 Å². The van der Waals surface area contributed by atoms with Gasteiger partial charge in [0, 0.05) is 11.3 Å². The van der Waals surface area contributed by atoms with Crippen molar-refractivity contribution in [1.29, 1.82) is 0 Å². The van der Waals surface area contributed by atoms with Crippen molar-refractivity contribution in [2.24, 2.45) is 0 Å². The van der Waals surface area contributed by atoms with E-state index in [9.17, 15) is 4.79 Å². The Balaban J connectivity index is 1.56. The molecule has 0 fully saturated rings. The smallest absolute Gasteiger partial charge is 0.257 e. The van der Waals surface area contributed by atoms with Crippen LogP contribution >= 0.6 is 46.3 Å². The minimum absolute atomic E-state index is 0.310. The Labute approximate surface area is 200 Å². The van der Waals surface area contributed by atoms with Crippen molar-refractivity contribution in [2.45, 2.75) is 42.7 Å². The number of hydrogen-bond donors (Lipinski definition) is 1. The molecule has 0 saturated carbocycles. The molecule has 1 heterocycles. The molecule has 2 aromatic carbocycles. The highest BCUT2D eigenvalue weighted by molar-refractivity contribution is 8.00. The fourth-order valence-electron chi connectivity index (χ4n) is 2.74. The number of unbranched alkanes of at least 4 members (excludes halogenated alkanes) is 3. The first-order chi connectivity index (χ1) is 15.1. The summed E-state index contributed by atoms with van der Waals surface area (Å²) in [4.78, 5) is 12.6. The number of benzene rings is 2. The summed E-state index contributed by atoms with van der Waals surface area (Å²) in [6, 6.07) is 13.2. The molecule has 5 nitrogen and oxygen atoms in total. The van der Waals surface area contributed by atoms with Crippen molar-refractivity contribution < 1.29 is 9.53 Å². The molecule has 1 aromatic heterocycles. The molecule has 0 saturated heterocycles. The minimum Gasteiger partial charge on any atom is -0.490 e. The van der Waals surface area contributed by atoms with Gasteiger partial charge in [0.15, 0.2) is 10.1 Å². The Morgan fingerprint density at radius 2 is 1.84 bits per heavy atom. The Morgan fingerprint density at radius 1 is 1.10 bits per heavy atom. The van der Waals surface area contributed by atoms with Crippen molar-refractivity contribution in [2.75, 3.05) is 11.9 Å². The van der Waals surface area contributed by atoms with E-state index in [1.165, 1.54) is 23.3 Å². The number of rotatable bonds is 11. The van der Waals surface area contributed by atoms with Gasteiger partial charge in [-0.2, -0.15) is 0 Å². The van der Waals surface area contributed by atoms with Crippen LogP contribution in [0.25, 0.3) is 0 Å². The summed E-state index contributed by atoms with van der Waals surface area (Å²) >= 11 is 15.5. The number of aromatic nitrogens is 2. The summed E-state index contributed by atoms with van der Waals surface area (Å²) < 4.78 is 6.49. The van der Waals surface area contributed by atoms with Gasteiger partial charge in [0.2, 0.25) is 5.13 Å². The van der Waals surface area contributed by atoms with E-state index in [4.69, 9.17) is 27.9 Å². The first-order valence-electron chi connectivity index (χ1n) is 10.00. The van der Waals surface area contributed by atoms with E-state index in [1.807, 2.05) is 18.2 Å². The quantitative estimate of drug-likeness (QED) is 0.171. The molecule has 9 heteroatoms. The normalized spacial score (nSPS) is 10.8. The van der Waals surface area contributed by atoms with Gasteiger partial charge < -0.3 is 4.74 Å². The third kappa shape index (κ3) is 7.38. The second-order valence-electron chi connectivity index (χ2n) is 6.78. The van der Waals surface area contributed by atoms with Gasteiger partial charge in [-0.25, -0.2) is 0 Å². The van der Waals surface area contributed by atoms with Gasteiger partial charge in [-0.3, -0.25) is 10.1 Å². The van der Waals surface area contributed by atoms with Gasteiger partial charge in [-0.1, -0.05) is 103 Å². The number of thioether (sulfide) groups is 1. The molecule has 1 N–H and O–H groups in total. The van der Waals surface area contributed by atoms with E-state index < -0.39 is 0 Å². The molecule has 0 spiro atoms. The zero-order chi connectivity index (χ0) is 22.1. The van der Waals surface area contributed by atoms with Crippen LogP contribution in [0.5, 0.6) is 5.75 Å². The zero-order valence-electron chi connectivity index (χ0n) is 17.1. The lowest BCUT2D eigenvalue weighted by atomic mass is 10.2. The first kappa shape index (κ1) is 23.9. The highest BCUT2D eigenvalue weighted by Crippen LogP contribution is 2.35. The molecule has 0 aliphatic heterocycles. The summed E-state index contributed by atoms with van der Waals surface area (Å²) in [5, 5.41) is 12.0. The standard InChI is InChI=1S/C22H23Cl2N3O2S2/c1-2-3-4-8-11-29-19-17(23)12-16(13-18(19)24)20(28)25-21-26-27-22(31-21)30-14-15-9-6-5-7-10-15/h5-7,9-10,12-13H,2-4,8,11,14H2,1H3,(H,25,26,28). The highest BCUT2D eigenvalue weighted by Gasteiger charge is 2.16. The number of nitrogens with zero attached hydrogens (tertiary/aromatic N) is 2. The molecule has 0 aliphatic rings. The predicted octanol–water partition coefficient (Wildman–Crippen LogP) is 7.35. The predicted molar refractivity (Wildman–Crippen MR) is 130 cm³/mol. The van der Waals surface area contributed by atoms with Crippen molar-refractivity contribution in [3.63, 3.8) is 0 Å². The Bertz CT molecular complexity index is 976. The number of anilines is 1. The van der Waals surface area contributed by atoms with Crippen LogP contribution in [0.15, 0.2) is 46.8 Å². The molecule has 0 radical (unpaired) electrons. The number of ether oxygens (including phenoxy) is 1. The molecule has 1 amide bonds. The lowest BCUT2D eigenvalue weighted by Gasteiger charge is -2.11. The lowest BCUT2D eigenvalue weighted by Crippen LogP contribution is -2.12. The fourth-order valence-corrected chi connectivity index (χ4v) is 5.04. The van der Waals surface area contributed by atoms with Crippen LogP contribution in [0.1, 0.15) is 48.5 Å². The van der Waals surface area contributed by atoms with E-state index in [0.717, 1.165) is 29.4 Å². The molecular weight excluding hydrogens is 473 g/mol. The van der Waals surface area contributed by atoms with Crippen molar-refractivity contribution in [1.82, 2.24) is 10.2 Å². The number of carbonyl (C=O) groups is 1. The Kier molecular flexibility index (Phi) is 9.46. The number of amides is 1. The van der Waals surface area contributed by atoms with Gasteiger partial charge in [0.1, 0.15) is 0 Å². The Morgan fingerprint density at radius 3 is 2.55 bits per heavy atom. The number of nitrogens with one attached hydrogen (secondary N) is 1. The topological polar surface area (TPSA) is 64.1 Å². The van der Waals surface area contributed by atoms with Crippen LogP contribution in [0.4, 0.5) is 5.13 Å². The van der Waals surface area contributed by atoms with Crippen LogP contribution in [0.3, 0.4) is 0 Å². The third-order valence-electron chi connectivity index (χ3n) is 4.34. The van der Waals surface area contributed by atoms with Crippen molar-refractivity contribution >= 4 is 57.3 Å². The molecular formula is C22H23Cl2N3O2S2. The molecule has 3 aromatic rings. The second kappa shape index (κ2) is 12.3. The highest BCUT2D eigenvalue weighted by atomic mass is 35.5. The maximum absolute atomic E-state index is 12.6. The average Bonchev–Trinajstić information content (AvgIpc) is 3.21. The summed E-state index contributed by atoms with van der Waals surface area (Å²) in [7, 11) is 0. The van der Waals surface area contributed by atoms with E-state index >= 15 is 0 Å². The van der Waals surface area contributed by atoms with E-state index in [-0.39, 0.29) is 5.91 Å². The maximum Gasteiger partial charge on any atom is 0.257 e. The van der Waals surface area contributed by atoms with Gasteiger partial charge in [-0.05, 0) is 24.1 Å². The van der Waals surface area contributed by atoms with Crippen LogP contribution in [-0.4, -0.2) is 22.7 Å². The zero-order valence-corrected chi connectivity index (χ0v) is 20.2. The van der Waals surface area contributed by atoms with Crippen LogP contribution < -0.4 is 10.1 Å². The number of hydrogen-bond acceptors (Lipinski definition) is 6. The molecule has 164 valence electrons. The average molecular weight is 496 g/mol. The second-order valence-corrected chi connectivity index (χ2v) is 9.79. The largest absolute Gasteiger partial charge is 0.490 e. The number of carbonyl (C=O) groups excluding carboxylic acids is 1. The summed E-state index contributed by atoms with van der Waals surface area (Å²) in [6.45, 7) is 2.70. The maximum atomic E-state index is 12.6. The van der Waals surface area contributed by atoms with Crippen LogP contribution in [0, 0.1) is 0 Å². The molecule has 0 aliphatic carbocycles. The van der Waals surface area contributed by atoms with Gasteiger partial charge in [0.05, 0.1) is 16.7 Å². The molecule has 0 atom stereocenters. The molecule has 31 heavy (non-hydrogen) atoms. The van der Waals surface area contributed by atoms with E-state index in [0.29, 0.717) is 33.1 Å². The number of halogens is 2. The lowest BCUT2D eigenvalue weighted by molar-refractivity contribution is 0.102.